The topological polar surface area (TPSA) is 80.8 Å². The molecule has 2 aliphatic heterocycles. The summed E-state index contributed by atoms with van der Waals surface area (Å²) in [6.45, 7) is 1.74. The van der Waals surface area contributed by atoms with E-state index < -0.39 is 5.60 Å². The zero-order valence-corrected chi connectivity index (χ0v) is 14.1. The summed E-state index contributed by atoms with van der Waals surface area (Å²) in [6.07, 6.45) is 7.87. The predicted molar refractivity (Wildman–Crippen MR) is 88.1 cm³/mol. The van der Waals surface area contributed by atoms with Crippen LogP contribution >= 0.6 is 0 Å². The lowest BCUT2D eigenvalue weighted by Crippen LogP contribution is -2.59. The molecule has 4 rings (SSSR count). The number of ether oxygens (including phenoxy) is 1. The van der Waals surface area contributed by atoms with E-state index in [0.29, 0.717) is 38.0 Å². The molecule has 25 heavy (non-hydrogen) atoms. The van der Waals surface area contributed by atoms with Gasteiger partial charge in [0.05, 0.1) is 35.9 Å². The molecule has 4 heterocycles. The monoisotopic (exact) mass is 344 g/mol. The summed E-state index contributed by atoms with van der Waals surface area (Å²) < 4.78 is 12.6. The van der Waals surface area contributed by atoms with Crippen LogP contribution in [0.15, 0.2) is 35.4 Å². The maximum absolute atomic E-state index is 12.4. The number of likely N-dealkylation sites (tertiary alicyclic amines) is 1. The number of aryl methyl sites for hydroxylation is 1. The number of carbonyl (C=O) groups excluding carboxylic acids is 2. The van der Waals surface area contributed by atoms with Crippen LogP contribution < -0.4 is 4.90 Å². The number of carbonyl (C=O) groups is 2. The number of nitrogens with zero attached hydrogens (tertiary/aromatic N) is 4. The quantitative estimate of drug-likeness (QED) is 0.813. The molecule has 8 nitrogen and oxygen atoms in total. The Morgan fingerprint density at radius 2 is 2.12 bits per heavy atom. The first-order chi connectivity index (χ1) is 12.1. The van der Waals surface area contributed by atoms with Gasteiger partial charge in [-0.1, -0.05) is 0 Å². The molecule has 2 amide bonds. The Morgan fingerprint density at radius 3 is 2.76 bits per heavy atom. The molecule has 1 spiro atoms. The molecule has 2 aliphatic rings. The van der Waals surface area contributed by atoms with E-state index in [0.717, 1.165) is 5.69 Å². The Kier molecular flexibility index (Phi) is 3.84. The number of piperidine rings is 1. The smallest absolute Gasteiger partial charge is 0.257 e. The maximum atomic E-state index is 12.4. The first-order valence-corrected chi connectivity index (χ1v) is 8.31. The number of anilines is 1. The molecule has 2 saturated heterocycles. The minimum atomic E-state index is -0.406. The molecule has 0 aliphatic carbocycles. The summed E-state index contributed by atoms with van der Waals surface area (Å²) in [7, 11) is 1.82. The number of rotatable bonds is 2. The molecule has 8 heteroatoms. The Hall–Kier alpha value is -2.61. The minimum Gasteiger partial charge on any atom is -0.472 e. The van der Waals surface area contributed by atoms with E-state index in [9.17, 15) is 9.59 Å². The minimum absolute atomic E-state index is 0.0281. The summed E-state index contributed by atoms with van der Waals surface area (Å²) in [5.41, 5.74) is 0.941. The van der Waals surface area contributed by atoms with Gasteiger partial charge in [0.15, 0.2) is 0 Å². The van der Waals surface area contributed by atoms with Crippen molar-refractivity contribution in [2.24, 2.45) is 7.05 Å². The zero-order chi connectivity index (χ0) is 17.4. The molecule has 2 aromatic heterocycles. The van der Waals surface area contributed by atoms with Gasteiger partial charge in [0.25, 0.3) is 11.8 Å². The van der Waals surface area contributed by atoms with E-state index in [4.69, 9.17) is 9.15 Å². The van der Waals surface area contributed by atoms with E-state index in [2.05, 4.69) is 5.10 Å². The third-order valence-corrected chi connectivity index (χ3v) is 4.98. The molecule has 0 atom stereocenters. The Bertz CT molecular complexity index is 774. The van der Waals surface area contributed by atoms with Crippen molar-refractivity contribution in [1.29, 1.82) is 0 Å². The Labute approximate surface area is 144 Å². The van der Waals surface area contributed by atoms with Crippen LogP contribution in [0.25, 0.3) is 0 Å². The SMILES string of the molecule is Cn1cc(N2CC3(CCN(C(=O)c4ccoc4)CC3)OCC2=O)cn1. The van der Waals surface area contributed by atoms with Crippen molar-refractivity contribution < 1.29 is 18.7 Å². The molecule has 0 radical (unpaired) electrons. The van der Waals surface area contributed by atoms with Crippen LogP contribution in [0.3, 0.4) is 0 Å². The summed E-state index contributed by atoms with van der Waals surface area (Å²) in [6, 6.07) is 1.67. The highest BCUT2D eigenvalue weighted by atomic mass is 16.5. The second-order valence-electron chi connectivity index (χ2n) is 6.63. The lowest BCUT2D eigenvalue weighted by molar-refractivity contribution is -0.143. The Morgan fingerprint density at radius 1 is 1.32 bits per heavy atom. The van der Waals surface area contributed by atoms with Gasteiger partial charge in [-0.25, -0.2) is 0 Å². The zero-order valence-electron chi connectivity index (χ0n) is 14.1. The van der Waals surface area contributed by atoms with Crippen LogP contribution in [-0.4, -0.2) is 58.3 Å². The van der Waals surface area contributed by atoms with Crippen molar-refractivity contribution in [3.8, 4) is 0 Å². The lowest BCUT2D eigenvalue weighted by atomic mass is 9.89. The third-order valence-electron chi connectivity index (χ3n) is 4.98. The van der Waals surface area contributed by atoms with Crippen LogP contribution in [-0.2, 0) is 16.6 Å². The average molecular weight is 344 g/mol. The van der Waals surface area contributed by atoms with Gasteiger partial charge in [-0.2, -0.15) is 5.10 Å². The molecule has 0 saturated carbocycles. The van der Waals surface area contributed by atoms with Gasteiger partial charge in [0.1, 0.15) is 12.9 Å². The second kappa shape index (κ2) is 6.03. The fourth-order valence-corrected chi connectivity index (χ4v) is 3.49. The van der Waals surface area contributed by atoms with Crippen molar-refractivity contribution >= 4 is 17.5 Å². The van der Waals surface area contributed by atoms with Gasteiger partial charge in [-0.05, 0) is 18.9 Å². The largest absolute Gasteiger partial charge is 0.472 e. The fourth-order valence-electron chi connectivity index (χ4n) is 3.49. The molecule has 2 aromatic rings. The van der Waals surface area contributed by atoms with Gasteiger partial charge in [0, 0.05) is 26.3 Å². The van der Waals surface area contributed by atoms with Crippen molar-refractivity contribution in [1.82, 2.24) is 14.7 Å². The number of hydrogen-bond acceptors (Lipinski definition) is 5. The van der Waals surface area contributed by atoms with Crippen LogP contribution in [0.5, 0.6) is 0 Å². The van der Waals surface area contributed by atoms with Gasteiger partial charge in [-0.15, -0.1) is 0 Å². The summed E-state index contributed by atoms with van der Waals surface area (Å²) >= 11 is 0. The predicted octanol–water partition coefficient (Wildman–Crippen LogP) is 1.05. The van der Waals surface area contributed by atoms with Crippen molar-refractivity contribution in [3.63, 3.8) is 0 Å². The van der Waals surface area contributed by atoms with Crippen LogP contribution in [0.1, 0.15) is 23.2 Å². The average Bonchev–Trinajstić information content (AvgIpc) is 3.29. The number of aromatic nitrogens is 2. The second-order valence-corrected chi connectivity index (χ2v) is 6.63. The highest BCUT2D eigenvalue weighted by Crippen LogP contribution is 2.33. The normalized spacial score (nSPS) is 20.3. The number of furan rings is 1. The molecule has 0 bridgehead atoms. The molecule has 0 unspecified atom stereocenters. The molecular formula is C17H20N4O4. The van der Waals surface area contributed by atoms with E-state index in [-0.39, 0.29) is 18.4 Å². The van der Waals surface area contributed by atoms with E-state index in [1.807, 2.05) is 18.1 Å². The molecule has 132 valence electrons. The first kappa shape index (κ1) is 15.9. The summed E-state index contributed by atoms with van der Waals surface area (Å²) in [5.74, 6) is -0.0878. The van der Waals surface area contributed by atoms with Crippen LogP contribution in [0, 0.1) is 0 Å². The summed E-state index contributed by atoms with van der Waals surface area (Å²) in [4.78, 5) is 28.2. The first-order valence-electron chi connectivity index (χ1n) is 8.31. The van der Waals surface area contributed by atoms with Gasteiger partial charge in [0.2, 0.25) is 0 Å². The van der Waals surface area contributed by atoms with Crippen molar-refractivity contribution in [2.75, 3.05) is 31.1 Å². The molecule has 0 N–H and O–H groups in total. The molecule has 2 fully saturated rings. The van der Waals surface area contributed by atoms with E-state index >= 15 is 0 Å². The van der Waals surface area contributed by atoms with Crippen molar-refractivity contribution in [2.45, 2.75) is 18.4 Å². The maximum Gasteiger partial charge on any atom is 0.257 e. The highest BCUT2D eigenvalue weighted by molar-refractivity contribution is 5.95. The Balaban J connectivity index is 1.45. The van der Waals surface area contributed by atoms with E-state index in [1.54, 1.807) is 21.8 Å². The standard InChI is InChI=1S/C17H20N4O4/c1-19-9-14(8-18-19)21-12-17(25-11-15(21)22)3-5-20(6-4-17)16(23)13-2-7-24-10-13/h2,7-10H,3-6,11-12H2,1H3. The number of amides is 2. The lowest BCUT2D eigenvalue weighted by Gasteiger charge is -2.46. The van der Waals surface area contributed by atoms with Crippen LogP contribution in [0.2, 0.25) is 0 Å². The highest BCUT2D eigenvalue weighted by Gasteiger charge is 2.43. The van der Waals surface area contributed by atoms with E-state index in [1.165, 1.54) is 12.5 Å². The van der Waals surface area contributed by atoms with Gasteiger partial charge >= 0.3 is 0 Å². The fraction of sp³-hybridized carbons (Fsp3) is 0.471. The number of hydrogen-bond donors (Lipinski definition) is 0. The van der Waals surface area contributed by atoms with Gasteiger partial charge < -0.3 is 19.0 Å². The summed E-state index contributed by atoms with van der Waals surface area (Å²) in [5, 5.41) is 4.14. The third kappa shape index (κ3) is 2.93. The van der Waals surface area contributed by atoms with Crippen LogP contribution in [0.4, 0.5) is 5.69 Å². The molecular weight excluding hydrogens is 324 g/mol. The number of morpholine rings is 1. The van der Waals surface area contributed by atoms with Gasteiger partial charge in [-0.3, -0.25) is 14.3 Å². The molecule has 0 aromatic carbocycles. The van der Waals surface area contributed by atoms with Crippen molar-refractivity contribution in [3.05, 3.63) is 36.5 Å².